The summed E-state index contributed by atoms with van der Waals surface area (Å²) in [6.45, 7) is 0.162. The van der Waals surface area contributed by atoms with Gasteiger partial charge in [0.05, 0.1) is 35.9 Å². The van der Waals surface area contributed by atoms with Gasteiger partial charge >= 0.3 is 0 Å². The Labute approximate surface area is 206 Å². The number of aliphatic hydroxyl groups excluding tert-OH is 1. The van der Waals surface area contributed by atoms with E-state index in [1.54, 1.807) is 31.4 Å². The summed E-state index contributed by atoms with van der Waals surface area (Å²) in [4.78, 5) is 27.8. The van der Waals surface area contributed by atoms with Crippen LogP contribution in [0.4, 0.5) is 0 Å². The number of carbonyl (C=O) groups excluding carboxylic acids is 2. The number of nitrogens with zero attached hydrogens (tertiary/aromatic N) is 1. The molecular weight excluding hydrogens is 477 g/mol. The molecule has 6 nitrogen and oxygen atoms in total. The van der Waals surface area contributed by atoms with Gasteiger partial charge in [-0.15, -0.1) is 0 Å². The van der Waals surface area contributed by atoms with Gasteiger partial charge in [-0.3, -0.25) is 9.59 Å². The highest BCUT2D eigenvalue weighted by atomic mass is 35.5. The fraction of sp³-hybridized carbons (Fsp3) is 0.154. The third-order valence-corrected chi connectivity index (χ3v) is 6.20. The highest BCUT2D eigenvalue weighted by Crippen LogP contribution is 2.42. The van der Waals surface area contributed by atoms with Crippen molar-refractivity contribution in [3.05, 3.63) is 99.0 Å². The molecule has 34 heavy (non-hydrogen) atoms. The highest BCUT2D eigenvalue weighted by Gasteiger charge is 2.46. The van der Waals surface area contributed by atoms with Gasteiger partial charge in [0.2, 0.25) is 0 Å². The smallest absolute Gasteiger partial charge is 0.295 e. The maximum atomic E-state index is 13.2. The van der Waals surface area contributed by atoms with E-state index in [1.165, 1.54) is 24.1 Å². The van der Waals surface area contributed by atoms with Gasteiger partial charge in [-0.25, -0.2) is 0 Å². The molecule has 3 aromatic rings. The molecule has 0 aliphatic carbocycles. The van der Waals surface area contributed by atoms with Crippen LogP contribution in [-0.2, 0) is 16.1 Å². The standard InChI is InChI=1S/C26H21Cl2NO5/c1-33-18-10-8-15(9-11-18)14-29-22(16-6-4-3-5-7-16)21(24(31)26(29)32)23(30)17-12-19(27)25(34-2)20(28)13-17/h3-13,22,30H,14H2,1-2H3/b23-21+. The number of ether oxygens (including phenoxy) is 2. The molecule has 0 spiro atoms. The number of hydrogen-bond acceptors (Lipinski definition) is 5. The Morgan fingerprint density at radius 2 is 1.56 bits per heavy atom. The van der Waals surface area contributed by atoms with E-state index in [9.17, 15) is 14.7 Å². The molecule has 0 aromatic heterocycles. The molecule has 4 rings (SSSR count). The normalized spacial score (nSPS) is 17.2. The molecule has 0 saturated carbocycles. The average Bonchev–Trinajstić information content (AvgIpc) is 3.09. The van der Waals surface area contributed by atoms with Crippen LogP contribution in [0.25, 0.3) is 5.76 Å². The van der Waals surface area contributed by atoms with Crippen LogP contribution >= 0.6 is 23.2 Å². The largest absolute Gasteiger partial charge is 0.507 e. The second kappa shape index (κ2) is 9.79. The number of Topliss-reactive ketones (excluding diaryl/α,β-unsaturated/α-hetero) is 1. The molecule has 1 atom stereocenters. The molecule has 1 heterocycles. The van der Waals surface area contributed by atoms with Crippen molar-refractivity contribution in [1.29, 1.82) is 0 Å². The van der Waals surface area contributed by atoms with Crippen LogP contribution in [0.15, 0.2) is 72.3 Å². The zero-order valence-electron chi connectivity index (χ0n) is 18.4. The molecule has 8 heteroatoms. The van der Waals surface area contributed by atoms with Gasteiger partial charge in [-0.1, -0.05) is 65.7 Å². The van der Waals surface area contributed by atoms with Crippen LogP contribution in [0.5, 0.6) is 11.5 Å². The molecule has 1 amide bonds. The maximum absolute atomic E-state index is 13.2. The Kier molecular flexibility index (Phi) is 6.82. The number of ketones is 1. The van der Waals surface area contributed by atoms with E-state index in [0.29, 0.717) is 11.3 Å². The van der Waals surface area contributed by atoms with E-state index >= 15 is 0 Å². The summed E-state index contributed by atoms with van der Waals surface area (Å²) in [5.41, 5.74) is 1.66. The number of amides is 1. The van der Waals surface area contributed by atoms with Gasteiger partial charge < -0.3 is 19.5 Å². The molecule has 1 fully saturated rings. The van der Waals surface area contributed by atoms with Gasteiger partial charge in [0.15, 0.2) is 5.75 Å². The number of aliphatic hydroxyl groups is 1. The molecule has 1 N–H and O–H groups in total. The summed E-state index contributed by atoms with van der Waals surface area (Å²) in [6, 6.07) is 18.4. The van der Waals surface area contributed by atoms with E-state index in [0.717, 1.165) is 5.56 Å². The summed E-state index contributed by atoms with van der Waals surface area (Å²) in [6.07, 6.45) is 0. The van der Waals surface area contributed by atoms with E-state index in [-0.39, 0.29) is 39.2 Å². The lowest BCUT2D eigenvalue weighted by atomic mass is 9.95. The first-order valence-corrected chi connectivity index (χ1v) is 11.1. The number of likely N-dealkylation sites (tertiary alicyclic amines) is 1. The maximum Gasteiger partial charge on any atom is 0.295 e. The van der Waals surface area contributed by atoms with E-state index < -0.39 is 17.7 Å². The Bertz CT molecular complexity index is 1250. The van der Waals surface area contributed by atoms with Crippen molar-refractivity contribution < 1.29 is 24.2 Å². The first-order valence-electron chi connectivity index (χ1n) is 10.4. The first-order chi connectivity index (χ1) is 16.3. The molecule has 1 saturated heterocycles. The topological polar surface area (TPSA) is 76.1 Å². The lowest BCUT2D eigenvalue weighted by Crippen LogP contribution is -2.29. The SMILES string of the molecule is COc1ccc(CN2C(=O)C(=O)/C(=C(/O)c3cc(Cl)c(OC)c(Cl)c3)C2c2ccccc2)cc1. The Hall–Kier alpha value is -3.48. The van der Waals surface area contributed by atoms with Crippen molar-refractivity contribution in [2.75, 3.05) is 14.2 Å². The Morgan fingerprint density at radius 1 is 0.941 bits per heavy atom. The predicted molar refractivity (Wildman–Crippen MR) is 130 cm³/mol. The molecule has 1 aliphatic heterocycles. The van der Waals surface area contributed by atoms with Crippen molar-refractivity contribution >= 4 is 40.7 Å². The van der Waals surface area contributed by atoms with Crippen molar-refractivity contribution in [3.8, 4) is 11.5 Å². The number of methoxy groups -OCH3 is 2. The molecular formula is C26H21Cl2NO5. The summed E-state index contributed by atoms with van der Waals surface area (Å²) in [5.74, 6) is -0.936. The lowest BCUT2D eigenvalue weighted by Gasteiger charge is -2.25. The number of rotatable bonds is 6. The van der Waals surface area contributed by atoms with Crippen molar-refractivity contribution in [2.45, 2.75) is 12.6 Å². The van der Waals surface area contributed by atoms with Gasteiger partial charge in [0, 0.05) is 12.1 Å². The van der Waals surface area contributed by atoms with E-state index in [2.05, 4.69) is 0 Å². The van der Waals surface area contributed by atoms with Crippen molar-refractivity contribution in [2.24, 2.45) is 0 Å². The lowest BCUT2D eigenvalue weighted by molar-refractivity contribution is -0.140. The van der Waals surface area contributed by atoms with Crippen LogP contribution in [0.1, 0.15) is 22.7 Å². The van der Waals surface area contributed by atoms with Gasteiger partial charge in [0.25, 0.3) is 11.7 Å². The fourth-order valence-corrected chi connectivity index (χ4v) is 4.64. The number of halogens is 2. The number of benzene rings is 3. The van der Waals surface area contributed by atoms with Crippen LogP contribution in [0.2, 0.25) is 10.0 Å². The second-order valence-corrected chi connectivity index (χ2v) is 8.47. The van der Waals surface area contributed by atoms with Gasteiger partial charge in [0.1, 0.15) is 11.5 Å². The van der Waals surface area contributed by atoms with Crippen molar-refractivity contribution in [1.82, 2.24) is 4.90 Å². The molecule has 0 radical (unpaired) electrons. The minimum atomic E-state index is -0.803. The number of carbonyl (C=O) groups is 2. The molecule has 174 valence electrons. The summed E-state index contributed by atoms with van der Waals surface area (Å²) in [7, 11) is 2.99. The molecule has 1 unspecified atom stereocenters. The Balaban J connectivity index is 1.84. The van der Waals surface area contributed by atoms with Crippen LogP contribution < -0.4 is 9.47 Å². The fourth-order valence-electron chi connectivity index (χ4n) is 4.00. The van der Waals surface area contributed by atoms with Crippen LogP contribution in [0, 0.1) is 0 Å². The summed E-state index contributed by atoms with van der Waals surface area (Å²) < 4.78 is 10.4. The zero-order valence-corrected chi connectivity index (χ0v) is 19.9. The summed E-state index contributed by atoms with van der Waals surface area (Å²) in [5, 5.41) is 11.5. The highest BCUT2D eigenvalue weighted by molar-refractivity contribution is 6.46. The van der Waals surface area contributed by atoms with Crippen molar-refractivity contribution in [3.63, 3.8) is 0 Å². The quantitative estimate of drug-likeness (QED) is 0.271. The zero-order chi connectivity index (χ0) is 24.4. The molecule has 1 aliphatic rings. The monoisotopic (exact) mass is 497 g/mol. The van der Waals surface area contributed by atoms with E-state index in [1.807, 2.05) is 30.3 Å². The third-order valence-electron chi connectivity index (χ3n) is 5.64. The third kappa shape index (κ3) is 4.34. The average molecular weight is 498 g/mol. The van der Waals surface area contributed by atoms with Crippen LogP contribution in [-0.4, -0.2) is 35.9 Å². The molecule has 0 bridgehead atoms. The van der Waals surface area contributed by atoms with E-state index in [4.69, 9.17) is 32.7 Å². The van der Waals surface area contributed by atoms with Crippen LogP contribution in [0.3, 0.4) is 0 Å². The van der Waals surface area contributed by atoms with Gasteiger partial charge in [-0.2, -0.15) is 0 Å². The summed E-state index contributed by atoms with van der Waals surface area (Å²) >= 11 is 12.5. The number of hydrogen-bond donors (Lipinski definition) is 1. The predicted octanol–water partition coefficient (Wildman–Crippen LogP) is 5.63. The second-order valence-electron chi connectivity index (χ2n) is 7.66. The Morgan fingerprint density at radius 3 is 2.12 bits per heavy atom. The van der Waals surface area contributed by atoms with Gasteiger partial charge in [-0.05, 0) is 35.4 Å². The first kappa shape index (κ1) is 23.7. The minimum Gasteiger partial charge on any atom is -0.507 e. The molecule has 3 aromatic carbocycles. The minimum absolute atomic E-state index is 0.0398.